The molecule has 1 aliphatic rings. The van der Waals surface area contributed by atoms with Gasteiger partial charge in [0.2, 0.25) is 5.91 Å². The summed E-state index contributed by atoms with van der Waals surface area (Å²) >= 11 is 0. The van der Waals surface area contributed by atoms with E-state index in [1.165, 1.54) is 4.90 Å². The van der Waals surface area contributed by atoms with E-state index in [2.05, 4.69) is 0 Å². The molecular weight excluding hydrogens is 276 g/mol. The zero-order valence-corrected chi connectivity index (χ0v) is 12.5. The van der Waals surface area contributed by atoms with Crippen LogP contribution in [-0.2, 0) is 4.79 Å². The van der Waals surface area contributed by atoms with Crippen molar-refractivity contribution in [2.75, 3.05) is 26.7 Å². The summed E-state index contributed by atoms with van der Waals surface area (Å²) in [6, 6.07) is 17.2. The molecule has 1 fully saturated rings. The summed E-state index contributed by atoms with van der Waals surface area (Å²) < 4.78 is 0. The molecule has 0 spiro atoms. The van der Waals surface area contributed by atoms with Gasteiger partial charge in [-0.05, 0) is 24.2 Å². The van der Waals surface area contributed by atoms with Crippen molar-refractivity contribution < 1.29 is 9.59 Å². The molecule has 22 heavy (non-hydrogen) atoms. The van der Waals surface area contributed by atoms with Gasteiger partial charge >= 0.3 is 0 Å². The van der Waals surface area contributed by atoms with Gasteiger partial charge in [0.05, 0.1) is 6.54 Å². The molecule has 0 radical (unpaired) electrons. The van der Waals surface area contributed by atoms with E-state index in [9.17, 15) is 9.59 Å². The molecule has 0 aromatic heterocycles. The Hall–Kier alpha value is -2.46. The first-order valence-electron chi connectivity index (χ1n) is 7.34. The smallest absolute Gasteiger partial charge is 0.261 e. The van der Waals surface area contributed by atoms with E-state index < -0.39 is 0 Å². The van der Waals surface area contributed by atoms with Crippen LogP contribution in [0.5, 0.6) is 0 Å². The molecule has 0 aliphatic carbocycles. The number of rotatable bonds is 2. The summed E-state index contributed by atoms with van der Waals surface area (Å²) in [5.41, 5.74) is 2.42. The van der Waals surface area contributed by atoms with Crippen LogP contribution in [0.4, 0.5) is 0 Å². The fourth-order valence-electron chi connectivity index (χ4n) is 2.69. The second-order valence-corrected chi connectivity index (χ2v) is 5.50. The molecule has 2 aromatic carbocycles. The van der Waals surface area contributed by atoms with E-state index in [0.29, 0.717) is 25.2 Å². The quantitative estimate of drug-likeness (QED) is 0.798. The SMILES string of the molecule is CN1CCN(C(=O)c2ccccc2-c2ccccc2)C(=O)C1. The van der Waals surface area contributed by atoms with E-state index in [4.69, 9.17) is 0 Å². The van der Waals surface area contributed by atoms with E-state index in [0.717, 1.165) is 11.1 Å². The minimum atomic E-state index is -0.211. The summed E-state index contributed by atoms with van der Waals surface area (Å²) in [4.78, 5) is 28.2. The van der Waals surface area contributed by atoms with Crippen LogP contribution >= 0.6 is 0 Å². The number of piperazine rings is 1. The zero-order chi connectivity index (χ0) is 15.5. The minimum Gasteiger partial charge on any atom is -0.296 e. The van der Waals surface area contributed by atoms with Gasteiger partial charge in [-0.25, -0.2) is 0 Å². The normalized spacial score (nSPS) is 15.9. The molecule has 0 bridgehead atoms. The Morgan fingerprint density at radius 1 is 0.955 bits per heavy atom. The van der Waals surface area contributed by atoms with Gasteiger partial charge in [0.25, 0.3) is 5.91 Å². The van der Waals surface area contributed by atoms with Crippen molar-refractivity contribution in [1.29, 1.82) is 0 Å². The van der Waals surface area contributed by atoms with E-state index in [-0.39, 0.29) is 11.8 Å². The first-order valence-corrected chi connectivity index (χ1v) is 7.34. The molecule has 0 atom stereocenters. The third-order valence-electron chi connectivity index (χ3n) is 3.90. The van der Waals surface area contributed by atoms with E-state index >= 15 is 0 Å². The summed E-state index contributed by atoms with van der Waals surface area (Å²) in [5, 5.41) is 0. The van der Waals surface area contributed by atoms with Crippen LogP contribution in [0.3, 0.4) is 0 Å². The number of imide groups is 1. The Kier molecular flexibility index (Phi) is 4.02. The number of hydrogen-bond donors (Lipinski definition) is 0. The van der Waals surface area contributed by atoms with Crippen molar-refractivity contribution in [1.82, 2.24) is 9.80 Å². The Morgan fingerprint density at radius 2 is 1.64 bits per heavy atom. The van der Waals surface area contributed by atoms with Crippen LogP contribution in [0, 0.1) is 0 Å². The first kappa shape index (κ1) is 14.5. The summed E-state index contributed by atoms with van der Waals surface area (Å²) in [6.07, 6.45) is 0. The highest BCUT2D eigenvalue weighted by molar-refractivity contribution is 6.09. The topological polar surface area (TPSA) is 40.6 Å². The fraction of sp³-hybridized carbons (Fsp3) is 0.222. The highest BCUT2D eigenvalue weighted by atomic mass is 16.2. The van der Waals surface area contributed by atoms with Crippen LogP contribution in [0.25, 0.3) is 11.1 Å². The Labute approximate surface area is 130 Å². The Balaban J connectivity index is 1.95. The van der Waals surface area contributed by atoms with Gasteiger partial charge in [-0.15, -0.1) is 0 Å². The molecule has 4 heteroatoms. The van der Waals surface area contributed by atoms with Gasteiger partial charge in [-0.3, -0.25) is 19.4 Å². The minimum absolute atomic E-state index is 0.137. The third kappa shape index (κ3) is 2.78. The summed E-state index contributed by atoms with van der Waals surface area (Å²) in [6.45, 7) is 1.45. The second-order valence-electron chi connectivity index (χ2n) is 5.50. The van der Waals surface area contributed by atoms with Crippen molar-refractivity contribution in [3.05, 3.63) is 60.2 Å². The standard InChI is InChI=1S/C18H18N2O2/c1-19-11-12-20(17(21)13-19)18(22)16-10-6-5-9-15(16)14-7-3-2-4-8-14/h2-10H,11-13H2,1H3. The van der Waals surface area contributed by atoms with Crippen LogP contribution in [0.2, 0.25) is 0 Å². The van der Waals surface area contributed by atoms with Crippen molar-refractivity contribution in [3.63, 3.8) is 0 Å². The average Bonchev–Trinajstić information content (AvgIpc) is 2.55. The van der Waals surface area contributed by atoms with Gasteiger partial charge in [0.1, 0.15) is 0 Å². The van der Waals surface area contributed by atoms with Crippen LogP contribution < -0.4 is 0 Å². The predicted octanol–water partition coefficient (Wildman–Crippen LogP) is 2.27. The number of carbonyl (C=O) groups is 2. The van der Waals surface area contributed by atoms with Crippen molar-refractivity contribution >= 4 is 11.8 Å². The molecule has 2 aromatic rings. The number of hydrogen-bond acceptors (Lipinski definition) is 3. The van der Waals surface area contributed by atoms with Crippen LogP contribution in [0.1, 0.15) is 10.4 Å². The highest BCUT2D eigenvalue weighted by Crippen LogP contribution is 2.25. The molecule has 0 unspecified atom stereocenters. The molecule has 1 saturated heterocycles. The maximum absolute atomic E-state index is 12.8. The number of likely N-dealkylation sites (N-methyl/N-ethyl adjacent to an activating group) is 1. The fourth-order valence-corrected chi connectivity index (χ4v) is 2.69. The molecule has 0 N–H and O–H groups in total. The Bertz CT molecular complexity index is 697. The summed E-state index contributed by atoms with van der Waals surface area (Å²) in [7, 11) is 1.89. The van der Waals surface area contributed by atoms with Gasteiger partial charge in [0, 0.05) is 18.7 Å². The lowest BCUT2D eigenvalue weighted by Gasteiger charge is -2.31. The maximum Gasteiger partial charge on any atom is 0.261 e. The van der Waals surface area contributed by atoms with Crippen LogP contribution in [-0.4, -0.2) is 48.3 Å². The molecule has 1 aliphatic heterocycles. The molecular formula is C18H18N2O2. The molecule has 4 nitrogen and oxygen atoms in total. The zero-order valence-electron chi connectivity index (χ0n) is 12.5. The largest absolute Gasteiger partial charge is 0.296 e. The van der Waals surface area contributed by atoms with Crippen molar-refractivity contribution in [2.45, 2.75) is 0 Å². The predicted molar refractivity (Wildman–Crippen MR) is 85.4 cm³/mol. The van der Waals surface area contributed by atoms with Crippen molar-refractivity contribution in [3.8, 4) is 11.1 Å². The van der Waals surface area contributed by atoms with E-state index in [1.807, 2.05) is 60.5 Å². The van der Waals surface area contributed by atoms with Gasteiger partial charge in [-0.2, -0.15) is 0 Å². The Morgan fingerprint density at radius 3 is 2.36 bits per heavy atom. The van der Waals surface area contributed by atoms with Gasteiger partial charge < -0.3 is 0 Å². The molecule has 112 valence electrons. The second kappa shape index (κ2) is 6.12. The highest BCUT2D eigenvalue weighted by Gasteiger charge is 2.28. The summed E-state index contributed by atoms with van der Waals surface area (Å²) in [5.74, 6) is -0.348. The lowest BCUT2D eigenvalue weighted by atomic mass is 9.98. The van der Waals surface area contributed by atoms with Gasteiger partial charge in [-0.1, -0.05) is 48.5 Å². The number of benzene rings is 2. The average molecular weight is 294 g/mol. The molecule has 1 heterocycles. The number of carbonyl (C=O) groups excluding carboxylic acids is 2. The number of nitrogens with zero attached hydrogens (tertiary/aromatic N) is 2. The van der Waals surface area contributed by atoms with Crippen LogP contribution in [0.15, 0.2) is 54.6 Å². The van der Waals surface area contributed by atoms with Crippen molar-refractivity contribution in [2.24, 2.45) is 0 Å². The lowest BCUT2D eigenvalue weighted by molar-refractivity contribution is -0.132. The van der Waals surface area contributed by atoms with E-state index in [1.54, 1.807) is 6.07 Å². The third-order valence-corrected chi connectivity index (χ3v) is 3.90. The lowest BCUT2D eigenvalue weighted by Crippen LogP contribution is -2.51. The first-order chi connectivity index (χ1) is 10.7. The molecule has 3 rings (SSSR count). The van der Waals surface area contributed by atoms with Gasteiger partial charge in [0.15, 0.2) is 0 Å². The maximum atomic E-state index is 12.8. The number of amides is 2. The monoisotopic (exact) mass is 294 g/mol. The molecule has 0 saturated carbocycles. The molecule has 2 amide bonds.